The Bertz CT molecular complexity index is 405. The number of rotatable bonds is 1. The maximum Gasteiger partial charge on any atom is 0.460 e. The highest BCUT2D eigenvalue weighted by molar-refractivity contribution is 6.82. The van der Waals surface area contributed by atoms with Crippen molar-refractivity contribution in [2.45, 2.75) is 45.1 Å². The van der Waals surface area contributed by atoms with Crippen LogP contribution in [0.25, 0.3) is 0 Å². The number of aryl methyl sites for hydroxylation is 1. The molecule has 0 unspecified atom stereocenters. The fourth-order valence-electron chi connectivity index (χ4n) is 2.32. The molecule has 0 N–H and O–H groups in total. The van der Waals surface area contributed by atoms with Crippen molar-refractivity contribution < 1.29 is 8.22 Å². The Labute approximate surface area is 97.0 Å². The lowest BCUT2D eigenvalue weighted by atomic mass is 10.1. The van der Waals surface area contributed by atoms with Gasteiger partial charge in [-0.15, -0.1) is 0 Å². The summed E-state index contributed by atoms with van der Waals surface area (Å²) < 4.78 is 28.9. The number of fused-ring (bicyclic) bond motifs is 1. The zero-order valence-corrected chi connectivity index (χ0v) is 11.1. The number of hydrogen-bond donors (Lipinski definition) is 0. The monoisotopic (exact) mass is 240 g/mol. The number of halogens is 2. The fourth-order valence-corrected chi connectivity index (χ4v) is 4.10. The topological polar surface area (TPSA) is 0 Å². The summed E-state index contributed by atoms with van der Waals surface area (Å²) in [7, 11) is -4.34. The van der Waals surface area contributed by atoms with E-state index in [9.17, 15) is 8.22 Å². The predicted octanol–water partition coefficient (Wildman–Crippen LogP) is 3.56. The molecular weight excluding hydrogens is 222 g/mol. The molecule has 0 atom stereocenters. The molecule has 1 aromatic rings. The van der Waals surface area contributed by atoms with E-state index >= 15 is 0 Å². The molecule has 1 aliphatic rings. The van der Waals surface area contributed by atoms with Gasteiger partial charge in [0.2, 0.25) is 0 Å². The highest BCUT2D eigenvalue weighted by Gasteiger charge is 2.51. The highest BCUT2D eigenvalue weighted by Crippen LogP contribution is 2.39. The van der Waals surface area contributed by atoms with Crippen molar-refractivity contribution >= 4 is 13.9 Å². The maximum absolute atomic E-state index is 14.5. The summed E-state index contributed by atoms with van der Waals surface area (Å²) in [6.45, 7) is 4.98. The molecular formula is C13H18F2Si. The van der Waals surface area contributed by atoms with E-state index in [1.165, 1.54) is 0 Å². The van der Waals surface area contributed by atoms with E-state index < -0.39 is 13.8 Å². The van der Waals surface area contributed by atoms with Gasteiger partial charge in [-0.05, 0) is 30.4 Å². The molecule has 1 aliphatic carbocycles. The number of benzene rings is 1. The summed E-state index contributed by atoms with van der Waals surface area (Å²) in [5.41, 5.74) is 2.10. The average molecular weight is 240 g/mol. The summed E-state index contributed by atoms with van der Waals surface area (Å²) in [6, 6.07) is 5.45. The molecule has 0 aliphatic heterocycles. The summed E-state index contributed by atoms with van der Waals surface area (Å²) in [4.78, 5) is 0. The molecule has 0 heterocycles. The Morgan fingerprint density at radius 2 is 1.81 bits per heavy atom. The second kappa shape index (κ2) is 3.66. The van der Waals surface area contributed by atoms with Crippen molar-refractivity contribution in [3.63, 3.8) is 0 Å². The zero-order chi connectivity index (χ0) is 12.0. The van der Waals surface area contributed by atoms with E-state index in [1.54, 1.807) is 32.9 Å². The van der Waals surface area contributed by atoms with E-state index in [0.29, 0.717) is 5.19 Å². The van der Waals surface area contributed by atoms with E-state index in [1.807, 2.05) is 6.07 Å². The Kier molecular flexibility index (Phi) is 2.69. The quantitative estimate of drug-likeness (QED) is 0.520. The molecule has 0 spiro atoms. The first-order valence-electron chi connectivity index (χ1n) is 5.83. The van der Waals surface area contributed by atoms with E-state index in [4.69, 9.17) is 0 Å². The van der Waals surface area contributed by atoms with Gasteiger partial charge in [0.15, 0.2) is 0 Å². The molecule has 16 heavy (non-hydrogen) atoms. The van der Waals surface area contributed by atoms with Crippen molar-refractivity contribution in [2.75, 3.05) is 0 Å². The van der Waals surface area contributed by atoms with Crippen LogP contribution in [0, 0.1) is 0 Å². The van der Waals surface area contributed by atoms with Gasteiger partial charge in [0, 0.05) is 10.2 Å². The molecule has 0 bridgehead atoms. The largest absolute Gasteiger partial charge is 0.460 e. The van der Waals surface area contributed by atoms with Crippen LogP contribution >= 0.6 is 0 Å². The zero-order valence-electron chi connectivity index (χ0n) is 10.1. The van der Waals surface area contributed by atoms with Crippen LogP contribution in [0.2, 0.25) is 5.04 Å². The lowest BCUT2D eigenvalue weighted by Crippen LogP contribution is -2.49. The normalized spacial score (nSPS) is 16.3. The summed E-state index contributed by atoms with van der Waals surface area (Å²) in [5, 5.41) is -0.500. The van der Waals surface area contributed by atoms with Crippen LogP contribution in [-0.2, 0) is 12.8 Å². The lowest BCUT2D eigenvalue weighted by molar-refractivity contribution is 0.519. The highest BCUT2D eigenvalue weighted by atomic mass is 28.4. The summed E-state index contributed by atoms with van der Waals surface area (Å²) in [6.07, 6.45) is 2.84. The minimum Gasteiger partial charge on any atom is -0.264 e. The van der Waals surface area contributed by atoms with Crippen LogP contribution in [0.4, 0.5) is 8.22 Å². The standard InChI is InChI=1S/C13H18F2Si/c1-13(2,3)16(14,15)12-9-5-7-10-6-4-8-11(10)12/h5,7,9H,4,6,8H2,1-3H3. The second-order valence-corrected chi connectivity index (χ2v) is 8.81. The Morgan fingerprint density at radius 1 is 1.12 bits per heavy atom. The molecule has 2 rings (SSSR count). The van der Waals surface area contributed by atoms with Crippen molar-refractivity contribution in [1.82, 2.24) is 0 Å². The Morgan fingerprint density at radius 3 is 2.44 bits per heavy atom. The Hall–Kier alpha value is -0.703. The van der Waals surface area contributed by atoms with Crippen LogP contribution in [0.3, 0.4) is 0 Å². The minimum atomic E-state index is -4.34. The molecule has 0 amide bonds. The smallest absolute Gasteiger partial charge is 0.264 e. The van der Waals surface area contributed by atoms with Gasteiger partial charge in [-0.25, -0.2) is 0 Å². The maximum atomic E-state index is 14.5. The van der Waals surface area contributed by atoms with Crippen molar-refractivity contribution in [3.05, 3.63) is 29.3 Å². The summed E-state index contributed by atoms with van der Waals surface area (Å²) >= 11 is 0. The van der Waals surface area contributed by atoms with Crippen LogP contribution in [0.15, 0.2) is 18.2 Å². The van der Waals surface area contributed by atoms with Crippen molar-refractivity contribution in [2.24, 2.45) is 0 Å². The molecule has 3 heteroatoms. The molecule has 1 aromatic carbocycles. The third-order valence-corrected chi connectivity index (χ3v) is 6.46. The van der Waals surface area contributed by atoms with Gasteiger partial charge in [-0.2, -0.15) is 0 Å². The van der Waals surface area contributed by atoms with E-state index in [2.05, 4.69) is 0 Å². The first-order chi connectivity index (χ1) is 7.34. The van der Waals surface area contributed by atoms with Crippen molar-refractivity contribution in [1.29, 1.82) is 0 Å². The van der Waals surface area contributed by atoms with E-state index in [-0.39, 0.29) is 0 Å². The van der Waals surface area contributed by atoms with E-state index in [0.717, 1.165) is 30.4 Å². The molecule has 0 fully saturated rings. The van der Waals surface area contributed by atoms with Crippen LogP contribution in [-0.4, -0.2) is 8.74 Å². The molecule has 0 radical (unpaired) electrons. The fraction of sp³-hybridized carbons (Fsp3) is 0.538. The van der Waals surface area contributed by atoms with Crippen molar-refractivity contribution in [3.8, 4) is 0 Å². The molecule has 0 nitrogen and oxygen atoms in total. The average Bonchev–Trinajstić information content (AvgIpc) is 2.62. The van der Waals surface area contributed by atoms with Gasteiger partial charge in [-0.3, -0.25) is 8.22 Å². The first-order valence-corrected chi connectivity index (χ1v) is 7.59. The molecule has 88 valence electrons. The lowest BCUT2D eigenvalue weighted by Gasteiger charge is -2.29. The van der Waals surface area contributed by atoms with Crippen LogP contribution in [0.1, 0.15) is 38.3 Å². The molecule has 0 saturated heterocycles. The molecule has 0 aromatic heterocycles. The van der Waals surface area contributed by atoms with Gasteiger partial charge in [-0.1, -0.05) is 39.0 Å². The van der Waals surface area contributed by atoms with Gasteiger partial charge in [0.05, 0.1) is 0 Å². The Balaban J connectivity index is 2.53. The van der Waals surface area contributed by atoms with Crippen LogP contribution < -0.4 is 5.19 Å². The van der Waals surface area contributed by atoms with Gasteiger partial charge in [0.25, 0.3) is 0 Å². The van der Waals surface area contributed by atoms with Gasteiger partial charge in [0.1, 0.15) is 0 Å². The molecule has 0 saturated carbocycles. The SMILES string of the molecule is CC(C)(C)[Si](F)(F)c1cccc2c1CCC2. The van der Waals surface area contributed by atoms with Gasteiger partial charge >= 0.3 is 8.74 Å². The van der Waals surface area contributed by atoms with Crippen LogP contribution in [0.5, 0.6) is 0 Å². The third-order valence-electron chi connectivity index (χ3n) is 3.43. The predicted molar refractivity (Wildman–Crippen MR) is 65.8 cm³/mol. The summed E-state index contributed by atoms with van der Waals surface area (Å²) in [5.74, 6) is 0. The third kappa shape index (κ3) is 1.71. The number of hydrogen-bond acceptors (Lipinski definition) is 0. The second-order valence-electron chi connectivity index (χ2n) is 5.62. The minimum absolute atomic E-state index is 0.384. The first kappa shape index (κ1) is 11.8. The van der Waals surface area contributed by atoms with Gasteiger partial charge < -0.3 is 0 Å².